The Morgan fingerprint density at radius 3 is 2.76 bits per heavy atom. The second-order valence-electron chi connectivity index (χ2n) is 6.77. The van der Waals surface area contributed by atoms with Crippen LogP contribution in [0.4, 0.5) is 4.79 Å². The van der Waals surface area contributed by atoms with Crippen molar-refractivity contribution in [3.05, 3.63) is 48.6 Å². The van der Waals surface area contributed by atoms with E-state index >= 15 is 0 Å². The highest BCUT2D eigenvalue weighted by molar-refractivity contribution is 5.67. The largest absolute Gasteiger partial charge is 0.445 e. The second kappa shape index (κ2) is 7.56. The van der Waals surface area contributed by atoms with E-state index < -0.39 is 11.9 Å². The molecule has 0 spiro atoms. The molecular weight excluding hydrogens is 322 g/mol. The molecule has 1 N–H and O–H groups in total. The molecule has 3 rings (SSSR count). The minimum atomic E-state index is -0.695. The van der Waals surface area contributed by atoms with Crippen molar-refractivity contribution >= 4 is 6.09 Å². The van der Waals surface area contributed by atoms with Crippen LogP contribution in [0.3, 0.4) is 0 Å². The van der Waals surface area contributed by atoms with Gasteiger partial charge in [0.15, 0.2) is 5.79 Å². The van der Waals surface area contributed by atoms with Gasteiger partial charge in [0.05, 0.1) is 18.8 Å². The molecule has 1 saturated carbocycles. The fourth-order valence-electron chi connectivity index (χ4n) is 3.35. The normalized spacial score (nSPS) is 29.8. The molecule has 1 aliphatic heterocycles. The molecule has 1 amide bonds. The Bertz CT molecular complexity index is 603. The zero-order valence-corrected chi connectivity index (χ0v) is 14.6. The number of amides is 1. The first-order valence-corrected chi connectivity index (χ1v) is 8.54. The molecule has 4 atom stereocenters. The first-order valence-electron chi connectivity index (χ1n) is 8.54. The Kier molecular flexibility index (Phi) is 5.42. The van der Waals surface area contributed by atoms with E-state index in [-0.39, 0.29) is 31.0 Å². The number of hydrogen-bond acceptors (Lipinski definition) is 5. The molecule has 6 heteroatoms. The van der Waals surface area contributed by atoms with Gasteiger partial charge in [-0.15, -0.1) is 6.58 Å². The lowest BCUT2D eigenvalue weighted by Crippen LogP contribution is -2.43. The summed E-state index contributed by atoms with van der Waals surface area (Å²) in [5.74, 6) is -0.695. The average Bonchev–Trinajstić information content (AvgIpc) is 3.06. The van der Waals surface area contributed by atoms with Gasteiger partial charge in [0.2, 0.25) is 0 Å². The van der Waals surface area contributed by atoms with Crippen LogP contribution in [0.5, 0.6) is 0 Å². The van der Waals surface area contributed by atoms with E-state index in [1.807, 2.05) is 44.2 Å². The molecule has 2 aliphatic rings. The number of hydrogen-bond donors (Lipinski definition) is 1. The number of rotatable bonds is 6. The maximum Gasteiger partial charge on any atom is 0.407 e. The summed E-state index contributed by atoms with van der Waals surface area (Å²) in [5, 5.41) is 2.89. The van der Waals surface area contributed by atoms with E-state index in [0.29, 0.717) is 13.0 Å². The Labute approximate surface area is 148 Å². The standard InChI is InChI=1S/C19H25NO5/c1-4-10-22-15-11-14(16-17(15)25-19(2,3)24-16)20-18(21)23-12-13-8-6-5-7-9-13/h4-9,14-17H,1,10-12H2,2-3H3,(H,20,21)/t14-,15+,16?,17-/m1/s1. The fraction of sp³-hybridized carbons (Fsp3) is 0.526. The second-order valence-corrected chi connectivity index (χ2v) is 6.77. The first-order chi connectivity index (χ1) is 12.0. The van der Waals surface area contributed by atoms with E-state index in [1.165, 1.54) is 0 Å². The lowest BCUT2D eigenvalue weighted by atomic mass is 10.2. The minimum Gasteiger partial charge on any atom is -0.445 e. The molecule has 1 aromatic rings. The van der Waals surface area contributed by atoms with E-state index in [0.717, 1.165) is 5.56 Å². The molecule has 0 radical (unpaired) electrons. The quantitative estimate of drug-likeness (QED) is 0.802. The lowest BCUT2D eigenvalue weighted by molar-refractivity contribution is -0.167. The van der Waals surface area contributed by atoms with E-state index in [4.69, 9.17) is 18.9 Å². The average molecular weight is 347 g/mol. The van der Waals surface area contributed by atoms with Gasteiger partial charge in [-0.3, -0.25) is 0 Å². The van der Waals surface area contributed by atoms with Crippen molar-refractivity contribution in [2.24, 2.45) is 0 Å². The number of carbonyl (C=O) groups excluding carboxylic acids is 1. The van der Waals surface area contributed by atoms with Gasteiger partial charge in [0.25, 0.3) is 0 Å². The zero-order valence-electron chi connectivity index (χ0n) is 14.6. The van der Waals surface area contributed by atoms with Gasteiger partial charge in [0.1, 0.15) is 18.8 Å². The number of benzene rings is 1. The summed E-state index contributed by atoms with van der Waals surface area (Å²) in [7, 11) is 0. The van der Waals surface area contributed by atoms with Crippen molar-refractivity contribution in [2.75, 3.05) is 6.61 Å². The van der Waals surface area contributed by atoms with Crippen LogP contribution >= 0.6 is 0 Å². The molecule has 1 heterocycles. The summed E-state index contributed by atoms with van der Waals surface area (Å²) in [6.45, 7) is 8.06. The maximum absolute atomic E-state index is 12.2. The van der Waals surface area contributed by atoms with Gasteiger partial charge in [-0.25, -0.2) is 4.79 Å². The smallest absolute Gasteiger partial charge is 0.407 e. The summed E-state index contributed by atoms with van der Waals surface area (Å²) in [6, 6.07) is 9.34. The first kappa shape index (κ1) is 17.9. The van der Waals surface area contributed by atoms with Crippen molar-refractivity contribution in [3.8, 4) is 0 Å². The molecule has 6 nitrogen and oxygen atoms in total. The van der Waals surface area contributed by atoms with Crippen molar-refractivity contribution in [1.29, 1.82) is 0 Å². The van der Waals surface area contributed by atoms with Crippen LogP contribution in [0.2, 0.25) is 0 Å². The van der Waals surface area contributed by atoms with Crippen LogP contribution in [0, 0.1) is 0 Å². The Morgan fingerprint density at radius 1 is 1.32 bits per heavy atom. The SMILES string of the molecule is C=CCO[C@H]1C[C@@H](NC(=O)OCc2ccccc2)C2OC(C)(C)O[C@@H]21. The van der Waals surface area contributed by atoms with E-state index in [2.05, 4.69) is 11.9 Å². The molecule has 0 bridgehead atoms. The van der Waals surface area contributed by atoms with Crippen LogP contribution in [-0.4, -0.2) is 42.8 Å². The van der Waals surface area contributed by atoms with Gasteiger partial charge in [-0.1, -0.05) is 36.4 Å². The topological polar surface area (TPSA) is 66.0 Å². The predicted octanol–water partition coefficient (Wildman–Crippen LogP) is 2.78. The molecule has 2 fully saturated rings. The third kappa shape index (κ3) is 4.39. The lowest BCUT2D eigenvalue weighted by Gasteiger charge is -2.23. The molecule has 1 unspecified atom stereocenters. The summed E-state index contributed by atoms with van der Waals surface area (Å²) in [4.78, 5) is 12.2. The summed E-state index contributed by atoms with van der Waals surface area (Å²) >= 11 is 0. The maximum atomic E-state index is 12.2. The Hall–Kier alpha value is -1.89. The van der Waals surface area contributed by atoms with Crippen LogP contribution < -0.4 is 5.32 Å². The van der Waals surface area contributed by atoms with Crippen molar-refractivity contribution in [3.63, 3.8) is 0 Å². The molecule has 1 aromatic carbocycles. The number of ether oxygens (including phenoxy) is 4. The Balaban J connectivity index is 1.57. The monoisotopic (exact) mass is 347 g/mol. The van der Waals surface area contributed by atoms with Gasteiger partial charge < -0.3 is 24.3 Å². The molecule has 136 valence electrons. The van der Waals surface area contributed by atoms with Crippen molar-refractivity contribution in [1.82, 2.24) is 5.32 Å². The summed E-state index contributed by atoms with van der Waals surface area (Å²) < 4.78 is 23.0. The van der Waals surface area contributed by atoms with Crippen LogP contribution in [0.1, 0.15) is 25.8 Å². The molecular formula is C19H25NO5. The van der Waals surface area contributed by atoms with Crippen molar-refractivity contribution in [2.45, 2.75) is 57.0 Å². The predicted molar refractivity (Wildman–Crippen MR) is 91.9 cm³/mol. The molecule has 0 aromatic heterocycles. The van der Waals surface area contributed by atoms with Crippen LogP contribution in [0.25, 0.3) is 0 Å². The van der Waals surface area contributed by atoms with Gasteiger partial charge in [0, 0.05) is 0 Å². The highest BCUT2D eigenvalue weighted by Gasteiger charge is 2.55. The third-order valence-electron chi connectivity index (χ3n) is 4.36. The fourth-order valence-corrected chi connectivity index (χ4v) is 3.35. The minimum absolute atomic E-state index is 0.149. The number of alkyl carbamates (subject to hydrolysis) is 1. The molecule has 25 heavy (non-hydrogen) atoms. The highest BCUT2D eigenvalue weighted by atomic mass is 16.8. The Morgan fingerprint density at radius 2 is 2.04 bits per heavy atom. The van der Waals surface area contributed by atoms with Gasteiger partial charge in [-0.05, 0) is 25.8 Å². The number of carbonyl (C=O) groups is 1. The van der Waals surface area contributed by atoms with Crippen LogP contribution in [0.15, 0.2) is 43.0 Å². The van der Waals surface area contributed by atoms with E-state index in [9.17, 15) is 4.79 Å². The summed E-state index contributed by atoms with van der Waals surface area (Å²) in [6.07, 6.45) is 1.22. The molecule has 1 aliphatic carbocycles. The molecule has 1 saturated heterocycles. The van der Waals surface area contributed by atoms with Crippen molar-refractivity contribution < 1.29 is 23.7 Å². The zero-order chi connectivity index (χ0) is 17.9. The third-order valence-corrected chi connectivity index (χ3v) is 4.36. The summed E-state index contributed by atoms with van der Waals surface area (Å²) in [5.41, 5.74) is 0.940. The highest BCUT2D eigenvalue weighted by Crippen LogP contribution is 2.39. The van der Waals surface area contributed by atoms with Crippen LogP contribution in [-0.2, 0) is 25.6 Å². The number of nitrogens with one attached hydrogen (secondary N) is 1. The van der Waals surface area contributed by atoms with Gasteiger partial charge >= 0.3 is 6.09 Å². The van der Waals surface area contributed by atoms with Gasteiger partial charge in [-0.2, -0.15) is 0 Å². The van der Waals surface area contributed by atoms with E-state index in [1.54, 1.807) is 6.08 Å². The number of fused-ring (bicyclic) bond motifs is 1.